The maximum Gasteiger partial charge on any atom is 0.254 e. The van der Waals surface area contributed by atoms with Crippen LogP contribution in [0.5, 0.6) is 0 Å². The summed E-state index contributed by atoms with van der Waals surface area (Å²) in [6.45, 7) is 0.613. The van der Waals surface area contributed by atoms with Crippen LogP contribution in [-0.2, 0) is 12.2 Å². The number of nitrogens with zero attached hydrogens (tertiary/aromatic N) is 2. The quantitative estimate of drug-likeness (QED) is 0.605. The fraction of sp³-hybridized carbons (Fsp3) is 0.174. The van der Waals surface area contributed by atoms with Crippen LogP contribution in [0.2, 0.25) is 0 Å². The molecule has 0 saturated carbocycles. The molecular weight excluding hydrogens is 366 g/mol. The summed E-state index contributed by atoms with van der Waals surface area (Å²) >= 11 is 1.57. The topological polar surface area (TPSA) is 54.9 Å². The van der Waals surface area contributed by atoms with Gasteiger partial charge in [-0.1, -0.05) is 30.3 Å². The maximum absolute atomic E-state index is 12.7. The third kappa shape index (κ3) is 4.31. The molecule has 1 N–H and O–H groups in total. The van der Waals surface area contributed by atoms with Crippen molar-refractivity contribution in [1.29, 1.82) is 0 Å². The number of thioether (sulfide) groups is 1. The van der Waals surface area contributed by atoms with Crippen molar-refractivity contribution in [1.82, 2.24) is 15.3 Å². The van der Waals surface area contributed by atoms with Gasteiger partial charge in [0.05, 0.1) is 5.56 Å². The number of aromatic nitrogens is 2. The van der Waals surface area contributed by atoms with Crippen molar-refractivity contribution in [3.63, 3.8) is 0 Å². The second-order valence-electron chi connectivity index (χ2n) is 6.60. The summed E-state index contributed by atoms with van der Waals surface area (Å²) in [5, 5.41) is 3.80. The number of benzene rings is 1. The van der Waals surface area contributed by atoms with Crippen molar-refractivity contribution in [2.45, 2.75) is 23.6 Å². The zero-order valence-electron chi connectivity index (χ0n) is 15.5. The van der Waals surface area contributed by atoms with Crippen molar-refractivity contribution in [3.8, 4) is 0 Å². The highest BCUT2D eigenvalue weighted by Crippen LogP contribution is 2.29. The number of carbonyl (C=O) groups excluding carboxylic acids is 1. The SMILES string of the molecule is O=C(NCCC1=CCc2ccccc21)c1cccnc1SCc1ccncc1. The van der Waals surface area contributed by atoms with Crippen molar-refractivity contribution in [2.75, 3.05) is 6.54 Å². The molecule has 0 aliphatic heterocycles. The van der Waals surface area contributed by atoms with Crippen LogP contribution in [0.1, 0.15) is 33.5 Å². The molecule has 0 spiro atoms. The number of rotatable bonds is 7. The molecule has 1 amide bonds. The molecule has 140 valence electrons. The van der Waals surface area contributed by atoms with E-state index in [1.807, 2.05) is 18.2 Å². The first-order valence-electron chi connectivity index (χ1n) is 9.33. The van der Waals surface area contributed by atoms with Gasteiger partial charge in [-0.05, 0) is 59.4 Å². The number of carbonyl (C=O) groups is 1. The molecule has 1 aliphatic rings. The number of amides is 1. The zero-order valence-corrected chi connectivity index (χ0v) is 16.3. The molecule has 4 nitrogen and oxygen atoms in total. The predicted octanol–water partition coefficient (Wildman–Crippen LogP) is 4.53. The number of allylic oxidation sites excluding steroid dienone is 1. The minimum atomic E-state index is -0.0720. The lowest BCUT2D eigenvalue weighted by Gasteiger charge is -2.10. The summed E-state index contributed by atoms with van der Waals surface area (Å²) < 4.78 is 0. The molecule has 0 radical (unpaired) electrons. The molecule has 0 fully saturated rings. The summed E-state index contributed by atoms with van der Waals surface area (Å²) in [5.74, 6) is 0.681. The van der Waals surface area contributed by atoms with Crippen LogP contribution in [-0.4, -0.2) is 22.4 Å². The largest absolute Gasteiger partial charge is 0.352 e. The van der Waals surface area contributed by atoms with E-state index < -0.39 is 0 Å². The maximum atomic E-state index is 12.7. The van der Waals surface area contributed by atoms with Gasteiger partial charge in [-0.25, -0.2) is 4.98 Å². The highest BCUT2D eigenvalue weighted by atomic mass is 32.2. The standard InChI is InChI=1S/C23H21N3OS/c27-22(25-15-11-19-8-7-18-4-1-2-5-20(18)19)21-6-3-12-26-23(21)28-16-17-9-13-24-14-10-17/h1-6,8-10,12-14H,7,11,15-16H2,(H,25,27). The third-order valence-corrected chi connectivity index (χ3v) is 5.83. The minimum absolute atomic E-state index is 0.0720. The van der Waals surface area contributed by atoms with Gasteiger partial charge in [-0.2, -0.15) is 0 Å². The Morgan fingerprint density at radius 3 is 2.79 bits per heavy atom. The average molecular weight is 388 g/mol. The van der Waals surface area contributed by atoms with E-state index in [9.17, 15) is 4.79 Å². The van der Waals surface area contributed by atoms with Gasteiger partial charge in [0.25, 0.3) is 5.91 Å². The Balaban J connectivity index is 1.35. The molecule has 2 aromatic heterocycles. The van der Waals surface area contributed by atoms with Gasteiger partial charge < -0.3 is 5.32 Å². The Labute approximate surface area is 169 Å². The lowest BCUT2D eigenvalue weighted by atomic mass is 10.0. The lowest BCUT2D eigenvalue weighted by Crippen LogP contribution is -2.25. The van der Waals surface area contributed by atoms with E-state index in [1.165, 1.54) is 16.7 Å². The van der Waals surface area contributed by atoms with Gasteiger partial charge in [0, 0.05) is 30.9 Å². The Morgan fingerprint density at radius 2 is 1.89 bits per heavy atom. The third-order valence-electron chi connectivity index (χ3n) is 4.75. The first kappa shape index (κ1) is 18.4. The summed E-state index contributed by atoms with van der Waals surface area (Å²) in [6, 6.07) is 16.1. The summed E-state index contributed by atoms with van der Waals surface area (Å²) in [5.41, 5.74) is 5.78. The number of nitrogens with one attached hydrogen (secondary N) is 1. The van der Waals surface area contributed by atoms with E-state index >= 15 is 0 Å². The van der Waals surface area contributed by atoms with Gasteiger partial charge in [-0.3, -0.25) is 9.78 Å². The smallest absolute Gasteiger partial charge is 0.254 e. The second kappa shape index (κ2) is 8.85. The van der Waals surface area contributed by atoms with Crippen LogP contribution < -0.4 is 5.32 Å². The van der Waals surface area contributed by atoms with Crippen molar-refractivity contribution in [2.24, 2.45) is 0 Å². The molecule has 2 heterocycles. The van der Waals surface area contributed by atoms with Crippen LogP contribution in [0, 0.1) is 0 Å². The van der Waals surface area contributed by atoms with Gasteiger partial charge in [0.2, 0.25) is 0 Å². The van der Waals surface area contributed by atoms with Crippen LogP contribution in [0.15, 0.2) is 78.2 Å². The second-order valence-corrected chi connectivity index (χ2v) is 7.56. The molecule has 3 aromatic rings. The van der Waals surface area contributed by atoms with Crippen molar-refractivity contribution < 1.29 is 4.79 Å². The summed E-state index contributed by atoms with van der Waals surface area (Å²) in [6.07, 6.45) is 9.36. The Kier molecular flexibility index (Phi) is 5.83. The van der Waals surface area contributed by atoms with E-state index in [0.29, 0.717) is 12.1 Å². The normalized spacial score (nSPS) is 12.4. The fourth-order valence-electron chi connectivity index (χ4n) is 3.31. The highest BCUT2D eigenvalue weighted by Gasteiger charge is 2.15. The van der Waals surface area contributed by atoms with E-state index in [2.05, 4.69) is 45.6 Å². The molecule has 0 unspecified atom stereocenters. The molecule has 0 saturated heterocycles. The summed E-state index contributed by atoms with van der Waals surface area (Å²) in [4.78, 5) is 21.1. The average Bonchev–Trinajstić information content (AvgIpc) is 3.16. The van der Waals surface area contributed by atoms with E-state index in [4.69, 9.17) is 0 Å². The molecule has 1 aliphatic carbocycles. The Morgan fingerprint density at radius 1 is 1.04 bits per heavy atom. The minimum Gasteiger partial charge on any atom is -0.352 e. The van der Waals surface area contributed by atoms with Gasteiger partial charge in [-0.15, -0.1) is 11.8 Å². The highest BCUT2D eigenvalue weighted by molar-refractivity contribution is 7.98. The van der Waals surface area contributed by atoms with Gasteiger partial charge in [0.1, 0.15) is 5.03 Å². The zero-order chi connectivity index (χ0) is 19.2. The first-order valence-corrected chi connectivity index (χ1v) is 10.3. The molecule has 28 heavy (non-hydrogen) atoms. The van der Waals surface area contributed by atoms with E-state index in [1.54, 1.807) is 36.4 Å². The first-order chi connectivity index (χ1) is 13.8. The molecule has 0 atom stereocenters. The Bertz CT molecular complexity index is 1000. The molecular formula is C23H21N3OS. The number of fused-ring (bicyclic) bond motifs is 1. The monoisotopic (exact) mass is 387 g/mol. The number of pyridine rings is 2. The fourth-order valence-corrected chi connectivity index (χ4v) is 4.25. The predicted molar refractivity (Wildman–Crippen MR) is 113 cm³/mol. The van der Waals surface area contributed by atoms with Gasteiger partial charge >= 0.3 is 0 Å². The molecule has 0 bridgehead atoms. The number of hydrogen-bond acceptors (Lipinski definition) is 4. The molecule has 5 heteroatoms. The van der Waals surface area contributed by atoms with E-state index in [0.717, 1.165) is 29.2 Å². The van der Waals surface area contributed by atoms with Crippen molar-refractivity contribution in [3.05, 3.63) is 95.5 Å². The number of hydrogen-bond donors (Lipinski definition) is 1. The van der Waals surface area contributed by atoms with E-state index in [-0.39, 0.29) is 5.91 Å². The van der Waals surface area contributed by atoms with Crippen LogP contribution in [0.4, 0.5) is 0 Å². The van der Waals surface area contributed by atoms with Crippen LogP contribution in [0.25, 0.3) is 5.57 Å². The van der Waals surface area contributed by atoms with Crippen LogP contribution >= 0.6 is 11.8 Å². The molecule has 4 rings (SSSR count). The molecule has 1 aromatic carbocycles. The lowest BCUT2D eigenvalue weighted by molar-refractivity contribution is 0.0951. The van der Waals surface area contributed by atoms with Crippen molar-refractivity contribution >= 4 is 23.2 Å². The van der Waals surface area contributed by atoms with Gasteiger partial charge in [0.15, 0.2) is 0 Å². The van der Waals surface area contributed by atoms with Crippen LogP contribution in [0.3, 0.4) is 0 Å². The summed E-state index contributed by atoms with van der Waals surface area (Å²) in [7, 11) is 0. The Hall–Kier alpha value is -2.92.